The van der Waals surface area contributed by atoms with E-state index in [1.165, 1.54) is 79.4 Å². The summed E-state index contributed by atoms with van der Waals surface area (Å²) in [6.45, 7) is 2.26. The van der Waals surface area contributed by atoms with E-state index in [1.54, 1.807) is 11.3 Å². The smallest absolute Gasteiger partial charge is 0.345 e. The van der Waals surface area contributed by atoms with Crippen molar-refractivity contribution in [1.29, 1.82) is 0 Å². The molecule has 0 aliphatic carbocycles. The molecule has 1 N–H and O–H groups in total. The van der Waals surface area contributed by atoms with Crippen molar-refractivity contribution < 1.29 is 9.90 Å². The molecule has 0 radical (unpaired) electrons. The molecule has 0 aliphatic rings. The van der Waals surface area contributed by atoms with E-state index in [4.69, 9.17) is 5.11 Å². The van der Waals surface area contributed by atoms with Gasteiger partial charge >= 0.3 is 5.97 Å². The summed E-state index contributed by atoms with van der Waals surface area (Å²) < 4.78 is 2.33. The largest absolute Gasteiger partial charge is 0.477 e. The summed E-state index contributed by atoms with van der Waals surface area (Å²) in [4.78, 5) is 11.5. The van der Waals surface area contributed by atoms with Crippen LogP contribution in [0.15, 0.2) is 11.4 Å². The molecule has 2 aromatic heterocycles. The first-order chi connectivity index (χ1) is 10.7. The van der Waals surface area contributed by atoms with Gasteiger partial charge in [-0.1, -0.05) is 58.3 Å². The van der Waals surface area contributed by atoms with Crippen LogP contribution < -0.4 is 0 Å². The standard InChI is InChI=1S/C18H26O2S2/c1-2-3-4-5-6-7-8-9-10-11-14-13-21-15-12-16(18(19)20)22-17(14)15/h12-13H,2-11H2,1H3,(H,19,20). The maximum absolute atomic E-state index is 11.0. The molecule has 0 unspecified atom stereocenters. The highest BCUT2D eigenvalue weighted by atomic mass is 32.1. The van der Waals surface area contributed by atoms with Crippen molar-refractivity contribution in [1.82, 2.24) is 0 Å². The molecule has 0 amide bonds. The predicted octanol–water partition coefficient (Wildman–Crippen LogP) is 6.73. The summed E-state index contributed by atoms with van der Waals surface area (Å²) in [5.74, 6) is -0.803. The lowest BCUT2D eigenvalue weighted by atomic mass is 10.1. The molecule has 0 fully saturated rings. The Labute approximate surface area is 141 Å². The van der Waals surface area contributed by atoms with E-state index in [-0.39, 0.29) is 0 Å². The minimum atomic E-state index is -0.803. The van der Waals surface area contributed by atoms with Gasteiger partial charge in [0.25, 0.3) is 0 Å². The fourth-order valence-corrected chi connectivity index (χ4v) is 5.06. The van der Waals surface area contributed by atoms with Gasteiger partial charge in [-0.3, -0.25) is 0 Å². The van der Waals surface area contributed by atoms with Crippen molar-refractivity contribution in [2.75, 3.05) is 0 Å². The van der Waals surface area contributed by atoms with Crippen LogP contribution >= 0.6 is 22.7 Å². The summed E-state index contributed by atoms with van der Waals surface area (Å²) in [6.07, 6.45) is 13.2. The van der Waals surface area contributed by atoms with Gasteiger partial charge in [0, 0.05) is 9.40 Å². The Balaban J connectivity index is 1.66. The number of rotatable bonds is 11. The fourth-order valence-electron chi connectivity index (χ4n) is 2.78. The number of carboxylic acid groups (broad SMARTS) is 1. The zero-order valence-corrected chi connectivity index (χ0v) is 15.0. The van der Waals surface area contributed by atoms with Gasteiger partial charge in [-0.05, 0) is 29.9 Å². The second kappa shape index (κ2) is 9.31. The highest BCUT2D eigenvalue weighted by molar-refractivity contribution is 7.28. The van der Waals surface area contributed by atoms with Gasteiger partial charge in [-0.25, -0.2) is 4.79 Å². The van der Waals surface area contributed by atoms with Crippen molar-refractivity contribution >= 4 is 38.0 Å². The molecule has 2 aromatic rings. The number of hydrogen-bond donors (Lipinski definition) is 1. The zero-order chi connectivity index (χ0) is 15.8. The molecule has 2 nitrogen and oxygen atoms in total. The maximum atomic E-state index is 11.0. The molecule has 0 atom stereocenters. The number of thiophene rings is 2. The summed E-state index contributed by atoms with van der Waals surface area (Å²) in [7, 11) is 0. The molecule has 0 spiro atoms. The Bertz CT molecular complexity index is 583. The van der Waals surface area contributed by atoms with Crippen molar-refractivity contribution in [3.63, 3.8) is 0 Å². The van der Waals surface area contributed by atoms with E-state index >= 15 is 0 Å². The average Bonchev–Trinajstić information content (AvgIpc) is 3.07. The topological polar surface area (TPSA) is 37.3 Å². The van der Waals surface area contributed by atoms with Crippen molar-refractivity contribution in [2.45, 2.75) is 71.1 Å². The number of carboxylic acids is 1. The lowest BCUT2D eigenvalue weighted by Gasteiger charge is -2.01. The third-order valence-corrected chi connectivity index (χ3v) is 6.38. The maximum Gasteiger partial charge on any atom is 0.345 e. The lowest BCUT2D eigenvalue weighted by molar-refractivity contribution is 0.0702. The van der Waals surface area contributed by atoms with E-state index in [2.05, 4.69) is 12.3 Å². The Hall–Kier alpha value is -0.870. The Morgan fingerprint density at radius 3 is 2.32 bits per heavy atom. The minimum Gasteiger partial charge on any atom is -0.477 e. The summed E-state index contributed by atoms with van der Waals surface area (Å²) >= 11 is 3.11. The lowest BCUT2D eigenvalue weighted by Crippen LogP contribution is -1.89. The third-order valence-electron chi connectivity index (χ3n) is 4.08. The summed E-state index contributed by atoms with van der Waals surface area (Å²) in [5, 5.41) is 11.3. The van der Waals surface area contributed by atoms with Crippen LogP contribution in [0.2, 0.25) is 0 Å². The van der Waals surface area contributed by atoms with E-state index in [0.29, 0.717) is 4.88 Å². The molecule has 4 heteroatoms. The average molecular weight is 339 g/mol. The molecule has 0 saturated carbocycles. The molecule has 2 heterocycles. The van der Waals surface area contributed by atoms with Crippen molar-refractivity contribution in [2.24, 2.45) is 0 Å². The van der Waals surface area contributed by atoms with Gasteiger partial charge in [-0.15, -0.1) is 22.7 Å². The molecule has 0 saturated heterocycles. The number of aryl methyl sites for hydroxylation is 1. The normalized spacial score (nSPS) is 11.3. The van der Waals surface area contributed by atoms with E-state index < -0.39 is 5.97 Å². The van der Waals surface area contributed by atoms with Gasteiger partial charge in [0.2, 0.25) is 0 Å². The second-order valence-corrected chi connectivity index (χ2v) is 7.91. The van der Waals surface area contributed by atoms with E-state index in [0.717, 1.165) is 11.1 Å². The second-order valence-electron chi connectivity index (χ2n) is 5.95. The van der Waals surface area contributed by atoms with Crippen molar-refractivity contribution in [3.8, 4) is 0 Å². The Morgan fingerprint density at radius 1 is 1.05 bits per heavy atom. The quantitative estimate of drug-likeness (QED) is 0.461. The fraction of sp³-hybridized carbons (Fsp3) is 0.611. The van der Waals surface area contributed by atoms with Crippen LogP contribution in [-0.2, 0) is 6.42 Å². The highest BCUT2D eigenvalue weighted by Gasteiger charge is 2.12. The van der Waals surface area contributed by atoms with Gasteiger partial charge in [0.1, 0.15) is 4.88 Å². The minimum absolute atomic E-state index is 0.468. The molecule has 0 bridgehead atoms. The van der Waals surface area contributed by atoms with E-state index in [1.807, 2.05) is 6.07 Å². The Morgan fingerprint density at radius 2 is 1.68 bits per heavy atom. The van der Waals surface area contributed by atoms with Gasteiger partial charge < -0.3 is 5.11 Å². The third kappa shape index (κ3) is 5.10. The summed E-state index contributed by atoms with van der Waals surface area (Å²) in [5.41, 5.74) is 1.35. The number of unbranched alkanes of at least 4 members (excludes halogenated alkanes) is 8. The predicted molar refractivity (Wildman–Crippen MR) is 97.6 cm³/mol. The molecule has 22 heavy (non-hydrogen) atoms. The first kappa shape index (κ1) is 17.5. The number of hydrogen-bond acceptors (Lipinski definition) is 3. The number of carbonyl (C=O) groups is 1. The van der Waals surface area contributed by atoms with Crippen LogP contribution in [0, 0.1) is 0 Å². The van der Waals surface area contributed by atoms with Crippen LogP contribution in [0.5, 0.6) is 0 Å². The number of aromatic carboxylic acids is 1. The molecule has 0 aromatic carbocycles. The van der Waals surface area contributed by atoms with Crippen LogP contribution in [-0.4, -0.2) is 11.1 Å². The highest BCUT2D eigenvalue weighted by Crippen LogP contribution is 2.34. The van der Waals surface area contributed by atoms with Crippen LogP contribution in [0.3, 0.4) is 0 Å². The number of fused-ring (bicyclic) bond motifs is 1. The SMILES string of the molecule is CCCCCCCCCCCc1csc2cc(C(=O)O)sc12. The molecule has 0 aliphatic heterocycles. The van der Waals surface area contributed by atoms with Crippen molar-refractivity contribution in [3.05, 3.63) is 21.9 Å². The molecular formula is C18H26O2S2. The first-order valence-electron chi connectivity index (χ1n) is 8.45. The van der Waals surface area contributed by atoms with Crippen LogP contribution in [0.4, 0.5) is 0 Å². The van der Waals surface area contributed by atoms with Gasteiger partial charge in [0.15, 0.2) is 0 Å². The van der Waals surface area contributed by atoms with Crippen LogP contribution in [0.1, 0.15) is 79.9 Å². The Kier molecular flexibility index (Phi) is 7.40. The molecular weight excluding hydrogens is 312 g/mol. The van der Waals surface area contributed by atoms with Crippen LogP contribution in [0.25, 0.3) is 9.40 Å². The first-order valence-corrected chi connectivity index (χ1v) is 10.1. The van der Waals surface area contributed by atoms with Gasteiger partial charge in [0.05, 0.1) is 0 Å². The monoisotopic (exact) mass is 338 g/mol. The molecule has 2 rings (SSSR count). The summed E-state index contributed by atoms with van der Waals surface area (Å²) in [6, 6.07) is 1.81. The van der Waals surface area contributed by atoms with E-state index in [9.17, 15) is 4.79 Å². The van der Waals surface area contributed by atoms with Gasteiger partial charge in [-0.2, -0.15) is 0 Å². The molecule has 122 valence electrons. The zero-order valence-electron chi connectivity index (χ0n) is 13.4.